The summed E-state index contributed by atoms with van der Waals surface area (Å²) in [4.78, 5) is 4.02. The Hall–Kier alpha value is -0.390. The molecule has 0 aromatic rings. The van der Waals surface area contributed by atoms with E-state index in [-0.39, 0.29) is 5.17 Å². The van der Waals surface area contributed by atoms with Gasteiger partial charge in [0.15, 0.2) is 0 Å². The van der Waals surface area contributed by atoms with Crippen molar-refractivity contribution in [3.05, 3.63) is 0 Å². The minimum atomic E-state index is -2.17. The maximum absolute atomic E-state index is 9.54. The molecule has 0 aliphatic carbocycles. The highest BCUT2D eigenvalue weighted by atomic mass is 32.2. The van der Waals surface area contributed by atoms with Gasteiger partial charge in [-0.25, -0.2) is 4.84 Å². The van der Waals surface area contributed by atoms with Gasteiger partial charge in [-0.3, -0.25) is 0 Å². The third-order valence-corrected chi connectivity index (χ3v) is 0.806. The molecule has 0 atom stereocenters. The molecule has 0 amide bonds. The van der Waals surface area contributed by atoms with Gasteiger partial charge < -0.3 is 0 Å². The van der Waals surface area contributed by atoms with Crippen molar-refractivity contribution in [2.75, 3.05) is 0 Å². The monoisotopic (exact) mass is 107 g/mol. The normalized spacial score (nSPS) is 17.7. The van der Waals surface area contributed by atoms with Crippen molar-refractivity contribution in [3.8, 4) is 0 Å². The summed E-state index contributed by atoms with van der Waals surface area (Å²) < 4.78 is 19.1. The van der Waals surface area contributed by atoms with Crippen LogP contribution in [-0.2, 0) is 15.1 Å². The third-order valence-electron chi connectivity index (χ3n) is 0.337. The van der Waals surface area contributed by atoms with E-state index in [9.17, 15) is 8.42 Å². The molecule has 1 heterocycles. The Bertz CT molecular complexity index is 163. The van der Waals surface area contributed by atoms with Crippen molar-refractivity contribution in [3.63, 3.8) is 0 Å². The van der Waals surface area contributed by atoms with Gasteiger partial charge in [-0.15, -0.1) is 5.48 Å². The van der Waals surface area contributed by atoms with E-state index in [4.69, 9.17) is 0 Å². The summed E-state index contributed by atoms with van der Waals surface area (Å²) in [5, 5.41) is -0.0741. The van der Waals surface area contributed by atoms with Crippen molar-refractivity contribution >= 4 is 15.5 Å². The molecule has 0 saturated carbocycles. The first-order valence-corrected chi connectivity index (χ1v) is 2.27. The predicted octanol–water partition coefficient (Wildman–Crippen LogP) is -1.51. The van der Waals surface area contributed by atoms with Gasteiger partial charge in [0, 0.05) is 0 Å². The van der Waals surface area contributed by atoms with Crippen molar-refractivity contribution in [1.82, 2.24) is 5.48 Å². The quantitative estimate of drug-likeness (QED) is 0.302. The fraction of sp³-hybridized carbons (Fsp3) is 0. The van der Waals surface area contributed by atoms with Gasteiger partial charge in [0.25, 0.3) is 15.5 Å². The SMILES string of the molecule is O=S(=O)=C1NO1. The first kappa shape index (κ1) is 3.79. The van der Waals surface area contributed by atoms with Gasteiger partial charge >= 0.3 is 0 Å². The average Bonchev–Trinajstić information content (AvgIpc) is 2.06. The molecule has 6 heavy (non-hydrogen) atoms. The van der Waals surface area contributed by atoms with Crippen LogP contribution in [0.4, 0.5) is 0 Å². The summed E-state index contributed by atoms with van der Waals surface area (Å²) in [5.74, 6) is 0. The van der Waals surface area contributed by atoms with Gasteiger partial charge in [0.2, 0.25) is 0 Å². The lowest BCUT2D eigenvalue weighted by atomic mass is 11.5. The van der Waals surface area contributed by atoms with Crippen LogP contribution in [0.15, 0.2) is 0 Å². The molecule has 1 rings (SSSR count). The van der Waals surface area contributed by atoms with Crippen LogP contribution in [0.1, 0.15) is 0 Å². The predicted molar refractivity (Wildman–Crippen MR) is 18.1 cm³/mol. The van der Waals surface area contributed by atoms with Crippen molar-refractivity contribution in [2.24, 2.45) is 0 Å². The summed E-state index contributed by atoms with van der Waals surface area (Å²) in [7, 11) is -2.17. The van der Waals surface area contributed by atoms with Crippen LogP contribution in [-0.4, -0.2) is 13.6 Å². The van der Waals surface area contributed by atoms with Crippen molar-refractivity contribution in [2.45, 2.75) is 0 Å². The molecule has 0 aromatic carbocycles. The zero-order valence-corrected chi connectivity index (χ0v) is 3.45. The van der Waals surface area contributed by atoms with E-state index in [1.165, 1.54) is 0 Å². The number of hydroxylamine groups is 1. The van der Waals surface area contributed by atoms with E-state index in [0.717, 1.165) is 0 Å². The minimum absolute atomic E-state index is 0.0741. The van der Waals surface area contributed by atoms with Gasteiger partial charge in [0.1, 0.15) is 0 Å². The summed E-state index contributed by atoms with van der Waals surface area (Å²) in [6, 6.07) is 0. The summed E-state index contributed by atoms with van der Waals surface area (Å²) in [5.41, 5.74) is 2.04. The zero-order chi connectivity index (χ0) is 4.57. The molecular formula is CHNO3S. The Morgan fingerprint density at radius 3 is 2.17 bits per heavy atom. The van der Waals surface area contributed by atoms with Crippen molar-refractivity contribution in [1.29, 1.82) is 0 Å². The van der Waals surface area contributed by atoms with Gasteiger partial charge in [-0.05, 0) is 0 Å². The molecule has 5 heteroatoms. The number of rotatable bonds is 0. The molecule has 1 fully saturated rings. The molecule has 0 radical (unpaired) electrons. The second-order valence-electron chi connectivity index (χ2n) is 0.726. The van der Waals surface area contributed by atoms with E-state index in [2.05, 4.69) is 4.84 Å². The zero-order valence-electron chi connectivity index (χ0n) is 2.63. The van der Waals surface area contributed by atoms with Crippen LogP contribution in [0.5, 0.6) is 0 Å². The summed E-state index contributed by atoms with van der Waals surface area (Å²) in [6.45, 7) is 0. The van der Waals surface area contributed by atoms with E-state index in [1.54, 1.807) is 0 Å². The standard InChI is InChI=1S/CHNO3S/c3-6(4)1-2-5-1/h2H. The molecule has 0 unspecified atom stereocenters. The van der Waals surface area contributed by atoms with Crippen LogP contribution in [0.3, 0.4) is 0 Å². The highest BCUT2D eigenvalue weighted by Crippen LogP contribution is 1.81. The lowest BCUT2D eigenvalue weighted by Crippen LogP contribution is -1.74. The van der Waals surface area contributed by atoms with E-state index < -0.39 is 10.3 Å². The summed E-state index contributed by atoms with van der Waals surface area (Å²) in [6.07, 6.45) is 0. The Morgan fingerprint density at radius 1 is 1.67 bits per heavy atom. The molecule has 1 aliphatic rings. The van der Waals surface area contributed by atoms with Crippen molar-refractivity contribution < 1.29 is 13.3 Å². The van der Waals surface area contributed by atoms with Crippen LogP contribution in [0.25, 0.3) is 0 Å². The highest BCUT2D eigenvalue weighted by molar-refractivity contribution is 7.72. The number of nitrogens with one attached hydrogen (secondary N) is 1. The number of hydrogen-bond donors (Lipinski definition) is 1. The second kappa shape index (κ2) is 1.04. The van der Waals surface area contributed by atoms with Crippen LogP contribution in [0.2, 0.25) is 0 Å². The van der Waals surface area contributed by atoms with Crippen LogP contribution >= 0.6 is 0 Å². The molecule has 0 bridgehead atoms. The number of hydrogen-bond acceptors (Lipinski definition) is 3. The first-order valence-electron chi connectivity index (χ1n) is 1.20. The topological polar surface area (TPSA) is 68.6 Å². The molecule has 1 aliphatic heterocycles. The van der Waals surface area contributed by atoms with E-state index in [1.807, 2.05) is 5.48 Å². The highest BCUT2D eigenvalue weighted by Gasteiger charge is 2.15. The van der Waals surface area contributed by atoms with Crippen LogP contribution in [0, 0.1) is 0 Å². The molecule has 0 aromatic heterocycles. The maximum Gasteiger partial charge on any atom is 0.287 e. The average molecular weight is 107 g/mol. The third kappa shape index (κ3) is 0.563. The first-order chi connectivity index (χ1) is 2.80. The smallest absolute Gasteiger partial charge is 0.226 e. The molecular weight excluding hydrogens is 106 g/mol. The van der Waals surface area contributed by atoms with Crippen LogP contribution < -0.4 is 5.48 Å². The molecule has 1 saturated heterocycles. The molecule has 34 valence electrons. The molecule has 4 nitrogen and oxygen atoms in total. The molecule has 0 spiro atoms. The maximum atomic E-state index is 9.54. The Kier molecular flexibility index (Phi) is 0.655. The van der Waals surface area contributed by atoms with Gasteiger partial charge in [-0.1, -0.05) is 0 Å². The Labute approximate surface area is 35.2 Å². The second-order valence-corrected chi connectivity index (χ2v) is 1.57. The van der Waals surface area contributed by atoms with E-state index in [0.29, 0.717) is 0 Å². The molecule has 1 N–H and O–H groups in total. The summed E-state index contributed by atoms with van der Waals surface area (Å²) >= 11 is 0. The van der Waals surface area contributed by atoms with Gasteiger partial charge in [0.05, 0.1) is 0 Å². The Balaban J connectivity index is 3.21. The lowest BCUT2D eigenvalue weighted by molar-refractivity contribution is 0.457. The largest absolute Gasteiger partial charge is 0.287 e. The van der Waals surface area contributed by atoms with Gasteiger partial charge in [-0.2, -0.15) is 8.42 Å². The van der Waals surface area contributed by atoms with E-state index >= 15 is 0 Å². The fourth-order valence-corrected chi connectivity index (χ4v) is 0.267. The Morgan fingerprint density at radius 2 is 2.17 bits per heavy atom. The fourth-order valence-electron chi connectivity index (χ4n) is 0.0889. The minimum Gasteiger partial charge on any atom is -0.226 e. The lowest BCUT2D eigenvalue weighted by Gasteiger charge is -1.33.